The molecule has 8 nitrogen and oxygen atoms in total. The molecule has 1 aliphatic heterocycles. The molecule has 3 rings (SSSR count). The number of methoxy groups -OCH3 is 2. The number of Topliss-reactive ketones (excluding diaryl/α,β-unsaturated/α-hetero) is 1. The summed E-state index contributed by atoms with van der Waals surface area (Å²) >= 11 is 0. The summed E-state index contributed by atoms with van der Waals surface area (Å²) in [6, 6.07) is 7.20. The van der Waals surface area contributed by atoms with Gasteiger partial charge in [0, 0.05) is 22.9 Å². The first kappa shape index (κ1) is 25.5. The number of rotatable bonds is 8. The van der Waals surface area contributed by atoms with Crippen molar-refractivity contribution in [2.24, 2.45) is 11.8 Å². The van der Waals surface area contributed by atoms with Crippen molar-refractivity contribution in [3.63, 3.8) is 0 Å². The molecule has 34 heavy (non-hydrogen) atoms. The highest BCUT2D eigenvalue weighted by Crippen LogP contribution is 2.45. The maximum Gasteiger partial charge on any atom is 0.336 e. The first-order valence-corrected chi connectivity index (χ1v) is 11.4. The van der Waals surface area contributed by atoms with Crippen LogP contribution in [0.5, 0.6) is 5.75 Å². The number of carbonyl (C=O) groups is 3. The van der Waals surface area contributed by atoms with Gasteiger partial charge in [0.25, 0.3) is 0 Å². The Labute approximate surface area is 200 Å². The van der Waals surface area contributed by atoms with Crippen molar-refractivity contribution in [1.29, 1.82) is 0 Å². The van der Waals surface area contributed by atoms with E-state index in [2.05, 4.69) is 5.32 Å². The summed E-state index contributed by atoms with van der Waals surface area (Å²) in [5.74, 6) is -2.65. The molecule has 0 spiro atoms. The van der Waals surface area contributed by atoms with Gasteiger partial charge in [0.05, 0.1) is 32.5 Å². The van der Waals surface area contributed by atoms with Crippen LogP contribution in [0.1, 0.15) is 45.6 Å². The molecule has 0 amide bonds. The Morgan fingerprint density at radius 3 is 2.38 bits per heavy atom. The molecule has 0 bridgehead atoms. The molecule has 0 saturated carbocycles. The van der Waals surface area contributed by atoms with Gasteiger partial charge < -0.3 is 24.3 Å². The number of ether oxygens (including phenoxy) is 4. The smallest absolute Gasteiger partial charge is 0.336 e. The van der Waals surface area contributed by atoms with Crippen LogP contribution >= 0.6 is 0 Å². The highest BCUT2D eigenvalue weighted by Gasteiger charge is 2.47. The lowest BCUT2D eigenvalue weighted by atomic mass is 9.69. The fraction of sp³-hybridized carbons (Fsp3) is 0.500. The van der Waals surface area contributed by atoms with Crippen LogP contribution in [0, 0.1) is 11.8 Å². The van der Waals surface area contributed by atoms with Gasteiger partial charge in [0.2, 0.25) is 0 Å². The number of nitrogens with one attached hydrogen (secondary N) is 1. The fourth-order valence-electron chi connectivity index (χ4n) is 4.58. The van der Waals surface area contributed by atoms with Crippen LogP contribution < -0.4 is 10.1 Å². The van der Waals surface area contributed by atoms with Gasteiger partial charge in [-0.3, -0.25) is 9.59 Å². The third kappa shape index (κ3) is 5.17. The molecular weight excluding hydrogens is 438 g/mol. The van der Waals surface area contributed by atoms with Gasteiger partial charge in [-0.15, -0.1) is 0 Å². The number of dihydropyridines is 1. The quantitative estimate of drug-likeness (QED) is 0.350. The van der Waals surface area contributed by atoms with Crippen LogP contribution in [-0.4, -0.2) is 51.3 Å². The van der Waals surface area contributed by atoms with E-state index in [9.17, 15) is 14.4 Å². The molecule has 0 aromatic heterocycles. The monoisotopic (exact) mass is 471 g/mol. The van der Waals surface area contributed by atoms with Crippen molar-refractivity contribution in [3.05, 3.63) is 52.4 Å². The second-order valence-electron chi connectivity index (χ2n) is 8.86. The molecule has 1 heterocycles. The SMILES string of the molecule is COC(=O)[C@H]1C(=O)C2=C(C[C@H]1C)NC(C)=C(C(=O)OCCOC(C)C)[C@H]2c1ccc(OC)cc1. The Morgan fingerprint density at radius 1 is 1.12 bits per heavy atom. The highest BCUT2D eigenvalue weighted by molar-refractivity contribution is 6.12. The molecule has 8 heteroatoms. The van der Waals surface area contributed by atoms with Crippen LogP contribution in [0.3, 0.4) is 0 Å². The maximum absolute atomic E-state index is 13.7. The molecule has 0 unspecified atom stereocenters. The highest BCUT2D eigenvalue weighted by atomic mass is 16.6. The number of ketones is 1. The zero-order valence-electron chi connectivity index (χ0n) is 20.6. The van der Waals surface area contributed by atoms with Gasteiger partial charge in [0.1, 0.15) is 18.3 Å². The number of hydrogen-bond acceptors (Lipinski definition) is 8. The molecule has 2 aliphatic rings. The summed E-state index contributed by atoms with van der Waals surface area (Å²) in [5.41, 5.74) is 2.79. The molecule has 1 aliphatic carbocycles. The van der Waals surface area contributed by atoms with Gasteiger partial charge in [-0.25, -0.2) is 4.79 Å². The molecule has 1 aromatic carbocycles. The normalized spacial score (nSPS) is 22.3. The second kappa shape index (κ2) is 10.9. The lowest BCUT2D eigenvalue weighted by molar-refractivity contribution is -0.151. The lowest BCUT2D eigenvalue weighted by Gasteiger charge is -2.38. The molecule has 1 N–H and O–H groups in total. The summed E-state index contributed by atoms with van der Waals surface area (Å²) in [4.78, 5) is 39.4. The van der Waals surface area contributed by atoms with E-state index in [1.54, 1.807) is 26.2 Å². The van der Waals surface area contributed by atoms with E-state index >= 15 is 0 Å². The zero-order chi connectivity index (χ0) is 25.0. The van der Waals surface area contributed by atoms with Crippen molar-refractivity contribution in [1.82, 2.24) is 5.32 Å². The third-order valence-electron chi connectivity index (χ3n) is 6.18. The number of benzene rings is 1. The second-order valence-corrected chi connectivity index (χ2v) is 8.86. The van der Waals surface area contributed by atoms with Crippen LogP contribution in [-0.2, 0) is 28.6 Å². The Bertz CT molecular complexity index is 1010. The molecule has 1 aromatic rings. The summed E-state index contributed by atoms with van der Waals surface area (Å²) in [5, 5.41) is 3.25. The van der Waals surface area contributed by atoms with Crippen LogP contribution in [0.15, 0.2) is 46.8 Å². The summed E-state index contributed by atoms with van der Waals surface area (Å²) in [6.07, 6.45) is 0.503. The topological polar surface area (TPSA) is 100 Å². The van der Waals surface area contributed by atoms with Gasteiger partial charge in [-0.2, -0.15) is 0 Å². The van der Waals surface area contributed by atoms with E-state index in [0.29, 0.717) is 29.0 Å². The standard InChI is InChI=1S/C26H33NO7/c1-14(2)33-11-12-34-26(30)21-16(4)27-19-13-15(3)20(25(29)32-6)24(28)23(19)22(21)17-7-9-18(31-5)10-8-17/h7-10,14-15,20,22,27H,11-13H2,1-6H3/t15-,20-,22-/m1/s1. The van der Waals surface area contributed by atoms with E-state index < -0.39 is 23.8 Å². The molecule has 184 valence electrons. The number of hydrogen-bond donors (Lipinski definition) is 1. The first-order chi connectivity index (χ1) is 16.2. The van der Waals surface area contributed by atoms with Crippen molar-refractivity contribution in [2.45, 2.75) is 46.1 Å². The van der Waals surface area contributed by atoms with Crippen LogP contribution in [0.2, 0.25) is 0 Å². The summed E-state index contributed by atoms with van der Waals surface area (Å²) in [6.45, 7) is 7.81. The summed E-state index contributed by atoms with van der Waals surface area (Å²) in [7, 11) is 2.84. The minimum Gasteiger partial charge on any atom is -0.497 e. The molecular formula is C26H33NO7. The average molecular weight is 472 g/mol. The zero-order valence-corrected chi connectivity index (χ0v) is 20.6. The van der Waals surface area contributed by atoms with Crippen LogP contribution in [0.4, 0.5) is 0 Å². The Kier molecular flexibility index (Phi) is 8.15. The van der Waals surface area contributed by atoms with Gasteiger partial charge >= 0.3 is 11.9 Å². The number of esters is 2. The van der Waals surface area contributed by atoms with E-state index in [-0.39, 0.29) is 31.0 Å². The predicted octanol–water partition coefficient (Wildman–Crippen LogP) is 3.28. The average Bonchev–Trinajstić information content (AvgIpc) is 2.80. The number of allylic oxidation sites excluding steroid dienone is 3. The van der Waals surface area contributed by atoms with E-state index in [4.69, 9.17) is 18.9 Å². The van der Waals surface area contributed by atoms with Gasteiger partial charge in [0.15, 0.2) is 5.78 Å². The van der Waals surface area contributed by atoms with Crippen molar-refractivity contribution in [2.75, 3.05) is 27.4 Å². The van der Waals surface area contributed by atoms with Crippen molar-refractivity contribution < 1.29 is 33.3 Å². The minimum atomic E-state index is -0.929. The van der Waals surface area contributed by atoms with E-state index in [0.717, 1.165) is 11.3 Å². The van der Waals surface area contributed by atoms with E-state index in [1.807, 2.05) is 32.9 Å². The maximum atomic E-state index is 13.7. The predicted molar refractivity (Wildman–Crippen MR) is 125 cm³/mol. The van der Waals surface area contributed by atoms with Crippen molar-refractivity contribution >= 4 is 17.7 Å². The largest absolute Gasteiger partial charge is 0.497 e. The molecule has 0 saturated heterocycles. The minimum absolute atomic E-state index is 0.0212. The van der Waals surface area contributed by atoms with Crippen LogP contribution in [0.25, 0.3) is 0 Å². The molecule has 3 atom stereocenters. The molecule has 0 fully saturated rings. The Hall–Kier alpha value is -3.13. The Morgan fingerprint density at radius 2 is 1.79 bits per heavy atom. The number of carbonyl (C=O) groups excluding carboxylic acids is 3. The lowest BCUT2D eigenvalue weighted by Crippen LogP contribution is -2.43. The third-order valence-corrected chi connectivity index (χ3v) is 6.18. The van der Waals surface area contributed by atoms with Gasteiger partial charge in [-0.1, -0.05) is 19.1 Å². The Balaban J connectivity index is 2.03. The fourth-order valence-corrected chi connectivity index (χ4v) is 4.58. The van der Waals surface area contributed by atoms with E-state index in [1.165, 1.54) is 7.11 Å². The van der Waals surface area contributed by atoms with Gasteiger partial charge in [-0.05, 0) is 50.8 Å². The summed E-state index contributed by atoms with van der Waals surface area (Å²) < 4.78 is 21.2. The molecule has 0 radical (unpaired) electrons. The first-order valence-electron chi connectivity index (χ1n) is 11.4. The van der Waals surface area contributed by atoms with Crippen molar-refractivity contribution in [3.8, 4) is 5.75 Å².